The summed E-state index contributed by atoms with van der Waals surface area (Å²) >= 11 is 3.11. The highest BCUT2D eigenvalue weighted by Gasteiger charge is 2.22. The van der Waals surface area contributed by atoms with Crippen LogP contribution in [0.3, 0.4) is 0 Å². The van der Waals surface area contributed by atoms with Crippen LogP contribution in [0.25, 0.3) is 0 Å². The van der Waals surface area contributed by atoms with E-state index < -0.39 is 0 Å². The molecular formula is C16H23ClN4OS2. The van der Waals surface area contributed by atoms with Crippen molar-refractivity contribution >= 4 is 46.1 Å². The molecule has 2 N–H and O–H groups in total. The third-order valence-corrected chi connectivity index (χ3v) is 6.21. The molecule has 0 saturated carbocycles. The number of piperidine rings is 1. The van der Waals surface area contributed by atoms with Gasteiger partial charge in [-0.15, -0.1) is 35.1 Å². The summed E-state index contributed by atoms with van der Waals surface area (Å²) in [6.07, 6.45) is 4.17. The van der Waals surface area contributed by atoms with E-state index in [0.717, 1.165) is 30.9 Å². The van der Waals surface area contributed by atoms with Gasteiger partial charge in [0.05, 0.1) is 5.01 Å². The van der Waals surface area contributed by atoms with Crippen molar-refractivity contribution in [2.45, 2.75) is 44.9 Å². The molecule has 0 atom stereocenters. The van der Waals surface area contributed by atoms with E-state index >= 15 is 0 Å². The second-order valence-corrected chi connectivity index (χ2v) is 8.75. The SMILES string of the molecule is CC(C)(C)c1nc(C(=O)Nc2ncc(C3CCNCC3)s2)cs1.Cl. The molecule has 1 aliphatic rings. The first-order chi connectivity index (χ1) is 10.9. The molecule has 24 heavy (non-hydrogen) atoms. The van der Waals surface area contributed by atoms with E-state index in [0.29, 0.717) is 16.7 Å². The topological polar surface area (TPSA) is 66.9 Å². The molecule has 1 fully saturated rings. The molecule has 0 unspecified atom stereocenters. The fraction of sp³-hybridized carbons (Fsp3) is 0.562. The normalized spacial score (nSPS) is 15.8. The minimum Gasteiger partial charge on any atom is -0.317 e. The van der Waals surface area contributed by atoms with Gasteiger partial charge in [0.2, 0.25) is 0 Å². The lowest BCUT2D eigenvalue weighted by Gasteiger charge is -2.20. The number of amides is 1. The van der Waals surface area contributed by atoms with Crippen LogP contribution in [0.4, 0.5) is 5.13 Å². The molecule has 0 spiro atoms. The van der Waals surface area contributed by atoms with Gasteiger partial charge < -0.3 is 5.32 Å². The molecule has 0 radical (unpaired) electrons. The molecule has 0 bridgehead atoms. The Hall–Kier alpha value is -1.02. The van der Waals surface area contributed by atoms with Gasteiger partial charge >= 0.3 is 0 Å². The smallest absolute Gasteiger partial charge is 0.276 e. The van der Waals surface area contributed by atoms with Gasteiger partial charge in [0.15, 0.2) is 5.13 Å². The second kappa shape index (κ2) is 7.91. The average molecular weight is 387 g/mol. The summed E-state index contributed by atoms with van der Waals surface area (Å²) in [4.78, 5) is 22.4. The number of carbonyl (C=O) groups is 1. The number of hydrogen-bond donors (Lipinski definition) is 2. The van der Waals surface area contributed by atoms with Gasteiger partial charge in [-0.3, -0.25) is 10.1 Å². The Balaban J connectivity index is 0.00000208. The maximum atomic E-state index is 12.3. The summed E-state index contributed by atoms with van der Waals surface area (Å²) in [5.74, 6) is 0.383. The van der Waals surface area contributed by atoms with E-state index in [1.807, 2.05) is 11.6 Å². The van der Waals surface area contributed by atoms with Crippen LogP contribution < -0.4 is 10.6 Å². The van der Waals surface area contributed by atoms with E-state index in [2.05, 4.69) is 41.4 Å². The van der Waals surface area contributed by atoms with Gasteiger partial charge in [0, 0.05) is 21.9 Å². The van der Waals surface area contributed by atoms with Gasteiger partial charge in [-0.1, -0.05) is 20.8 Å². The van der Waals surface area contributed by atoms with Crippen molar-refractivity contribution in [3.8, 4) is 0 Å². The zero-order valence-electron chi connectivity index (χ0n) is 14.1. The molecule has 2 aromatic heterocycles. The fourth-order valence-electron chi connectivity index (χ4n) is 2.52. The first-order valence-electron chi connectivity index (χ1n) is 7.87. The van der Waals surface area contributed by atoms with Crippen molar-refractivity contribution < 1.29 is 4.79 Å². The summed E-state index contributed by atoms with van der Waals surface area (Å²) in [5.41, 5.74) is 0.436. The molecular weight excluding hydrogens is 364 g/mol. The fourth-order valence-corrected chi connectivity index (χ4v) is 4.39. The van der Waals surface area contributed by atoms with E-state index in [9.17, 15) is 4.79 Å². The van der Waals surface area contributed by atoms with Gasteiger partial charge in [-0.25, -0.2) is 9.97 Å². The summed E-state index contributed by atoms with van der Waals surface area (Å²) in [6.45, 7) is 8.40. The third kappa shape index (κ3) is 4.53. The highest BCUT2D eigenvalue weighted by molar-refractivity contribution is 7.15. The van der Waals surface area contributed by atoms with Crippen LogP contribution in [0.2, 0.25) is 0 Å². The Morgan fingerprint density at radius 2 is 2.04 bits per heavy atom. The quantitative estimate of drug-likeness (QED) is 0.835. The molecule has 5 nitrogen and oxygen atoms in total. The maximum absolute atomic E-state index is 12.3. The molecule has 3 heterocycles. The van der Waals surface area contributed by atoms with Crippen molar-refractivity contribution in [3.63, 3.8) is 0 Å². The monoisotopic (exact) mass is 386 g/mol. The number of halogens is 1. The van der Waals surface area contributed by atoms with E-state index in [4.69, 9.17) is 0 Å². The highest BCUT2D eigenvalue weighted by Crippen LogP contribution is 2.32. The largest absolute Gasteiger partial charge is 0.317 e. The van der Waals surface area contributed by atoms with Gasteiger partial charge in [-0.05, 0) is 31.8 Å². The maximum Gasteiger partial charge on any atom is 0.276 e. The molecule has 8 heteroatoms. The lowest BCUT2D eigenvalue weighted by Crippen LogP contribution is -2.26. The summed E-state index contributed by atoms with van der Waals surface area (Å²) in [7, 11) is 0. The van der Waals surface area contributed by atoms with Crippen LogP contribution in [-0.4, -0.2) is 29.0 Å². The van der Waals surface area contributed by atoms with E-state index in [1.165, 1.54) is 16.2 Å². The third-order valence-electron chi connectivity index (χ3n) is 3.86. The van der Waals surface area contributed by atoms with Crippen LogP contribution >= 0.6 is 35.1 Å². The number of carbonyl (C=O) groups excluding carboxylic acids is 1. The van der Waals surface area contributed by atoms with Crippen molar-refractivity contribution in [1.29, 1.82) is 0 Å². The summed E-state index contributed by atoms with van der Waals surface area (Å²) < 4.78 is 0. The number of anilines is 1. The van der Waals surface area contributed by atoms with Crippen molar-refractivity contribution in [3.05, 3.63) is 27.2 Å². The molecule has 132 valence electrons. The van der Waals surface area contributed by atoms with Crippen molar-refractivity contribution in [2.75, 3.05) is 18.4 Å². The molecule has 1 amide bonds. The van der Waals surface area contributed by atoms with E-state index in [-0.39, 0.29) is 23.7 Å². The van der Waals surface area contributed by atoms with Crippen molar-refractivity contribution in [1.82, 2.24) is 15.3 Å². The minimum absolute atomic E-state index is 0. The van der Waals surface area contributed by atoms with Crippen LogP contribution in [0, 0.1) is 0 Å². The van der Waals surface area contributed by atoms with E-state index in [1.54, 1.807) is 11.3 Å². The number of hydrogen-bond acceptors (Lipinski definition) is 6. The Labute approximate surface area is 156 Å². The standard InChI is InChI=1S/C16H22N4OS2.ClH/c1-16(2,3)14-19-11(9-22-14)13(21)20-15-18-8-12(23-15)10-4-6-17-7-5-10;/h8-10,17H,4-7H2,1-3H3,(H,18,20,21);1H. The Kier molecular flexibility index (Phi) is 6.36. The molecule has 0 aliphatic carbocycles. The van der Waals surface area contributed by atoms with Gasteiger partial charge in [-0.2, -0.15) is 0 Å². The number of thiazole rings is 2. The predicted molar refractivity (Wildman–Crippen MR) is 103 cm³/mol. The molecule has 1 saturated heterocycles. The lowest BCUT2D eigenvalue weighted by molar-refractivity contribution is 0.102. The number of nitrogens with one attached hydrogen (secondary N) is 2. The predicted octanol–water partition coefficient (Wildman–Crippen LogP) is 4.04. The molecule has 2 aromatic rings. The number of rotatable bonds is 3. The molecule has 0 aromatic carbocycles. The zero-order chi connectivity index (χ0) is 16.4. The first kappa shape index (κ1) is 19.3. The minimum atomic E-state index is -0.178. The lowest BCUT2D eigenvalue weighted by atomic mass is 9.97. The molecule has 1 aliphatic heterocycles. The van der Waals surface area contributed by atoms with Crippen LogP contribution in [-0.2, 0) is 5.41 Å². The molecule has 3 rings (SSSR count). The summed E-state index contributed by atoms with van der Waals surface area (Å²) in [5, 5.41) is 9.69. The Morgan fingerprint density at radius 3 is 2.67 bits per heavy atom. The Bertz CT molecular complexity index is 686. The van der Waals surface area contributed by atoms with Crippen molar-refractivity contribution in [2.24, 2.45) is 0 Å². The summed E-state index contributed by atoms with van der Waals surface area (Å²) in [6, 6.07) is 0. The van der Waals surface area contributed by atoms with Gasteiger partial charge in [0.25, 0.3) is 5.91 Å². The number of aromatic nitrogens is 2. The van der Waals surface area contributed by atoms with Crippen LogP contribution in [0.1, 0.15) is 59.9 Å². The van der Waals surface area contributed by atoms with Crippen LogP contribution in [0.15, 0.2) is 11.6 Å². The average Bonchev–Trinajstić information content (AvgIpc) is 3.17. The van der Waals surface area contributed by atoms with Gasteiger partial charge in [0.1, 0.15) is 5.69 Å². The Morgan fingerprint density at radius 1 is 1.33 bits per heavy atom. The first-order valence-corrected chi connectivity index (χ1v) is 9.57. The number of nitrogens with zero attached hydrogens (tertiary/aromatic N) is 2. The highest BCUT2D eigenvalue weighted by atomic mass is 35.5. The van der Waals surface area contributed by atoms with Crippen LogP contribution in [0.5, 0.6) is 0 Å². The zero-order valence-corrected chi connectivity index (χ0v) is 16.5. The second-order valence-electron chi connectivity index (χ2n) is 6.83.